The Labute approximate surface area is 157 Å². The van der Waals surface area contributed by atoms with Crippen LogP contribution in [0.2, 0.25) is 5.02 Å². The lowest BCUT2D eigenvalue weighted by molar-refractivity contribution is -0.117. The molecule has 4 nitrogen and oxygen atoms in total. The third-order valence-corrected chi connectivity index (χ3v) is 3.85. The molecule has 0 atom stereocenters. The molecule has 0 aliphatic carbocycles. The monoisotopic (exact) mass is 377 g/mol. The van der Waals surface area contributed by atoms with Gasteiger partial charge in [-0.2, -0.15) is 0 Å². The summed E-state index contributed by atoms with van der Waals surface area (Å²) in [5, 5.41) is 13.0. The minimum atomic E-state index is -0.555. The highest BCUT2D eigenvalue weighted by Gasteiger charge is 2.18. The van der Waals surface area contributed by atoms with E-state index in [1.165, 1.54) is 36.4 Å². The largest absolute Gasteiger partial charge is 0.508 e. The van der Waals surface area contributed by atoms with E-state index in [9.17, 15) is 19.1 Å². The predicted molar refractivity (Wildman–Crippen MR) is 99.2 cm³/mol. The Balaban J connectivity index is 2.15. The number of hydrogen-bond donors (Lipinski definition) is 2. The van der Waals surface area contributed by atoms with Gasteiger partial charge in [0, 0.05) is 34.5 Å². The molecular weight excluding hydrogens is 357 g/mol. The van der Waals surface area contributed by atoms with Gasteiger partial charge >= 0.3 is 0 Å². The fraction of sp³-hybridized carbons (Fsp3) is 0.300. The van der Waals surface area contributed by atoms with E-state index in [2.05, 4.69) is 5.32 Å². The van der Waals surface area contributed by atoms with E-state index in [0.717, 1.165) is 0 Å². The zero-order valence-corrected chi connectivity index (χ0v) is 15.7. The Morgan fingerprint density at radius 1 is 1.08 bits per heavy atom. The standard InChI is InChI=1S/C20H21ClFNO3/c1-20(2,3)23-19(26)12-4-6-17(22)13(8-12)10-16(24)11-14-9-15(21)5-7-18(14)25/h4-9,25H,10-11H2,1-3H3,(H,23,26). The van der Waals surface area contributed by atoms with Crippen molar-refractivity contribution >= 4 is 23.3 Å². The molecule has 0 aliphatic heterocycles. The number of carbonyl (C=O) groups is 2. The number of Topliss-reactive ketones (excluding diaryl/α,β-unsaturated/α-hetero) is 1. The van der Waals surface area contributed by atoms with Crippen LogP contribution in [0.1, 0.15) is 42.3 Å². The summed E-state index contributed by atoms with van der Waals surface area (Å²) >= 11 is 5.87. The van der Waals surface area contributed by atoms with Crippen LogP contribution in [0.4, 0.5) is 4.39 Å². The minimum absolute atomic E-state index is 0.0403. The molecular formula is C20H21ClFNO3. The number of benzene rings is 2. The summed E-state index contributed by atoms with van der Waals surface area (Å²) in [7, 11) is 0. The van der Waals surface area contributed by atoms with Crippen molar-refractivity contribution in [1.82, 2.24) is 5.32 Å². The van der Waals surface area contributed by atoms with E-state index in [4.69, 9.17) is 11.6 Å². The van der Waals surface area contributed by atoms with E-state index in [-0.39, 0.29) is 41.4 Å². The Morgan fingerprint density at radius 2 is 1.73 bits per heavy atom. The summed E-state index contributed by atoms with van der Waals surface area (Å²) in [5.41, 5.74) is 0.378. The molecule has 0 fully saturated rings. The number of carbonyl (C=O) groups excluding carboxylic acids is 2. The molecule has 0 aromatic heterocycles. The third-order valence-electron chi connectivity index (χ3n) is 3.61. The highest BCUT2D eigenvalue weighted by molar-refractivity contribution is 6.30. The normalized spacial score (nSPS) is 11.3. The maximum Gasteiger partial charge on any atom is 0.251 e. The van der Waals surface area contributed by atoms with Crippen molar-refractivity contribution < 1.29 is 19.1 Å². The summed E-state index contributed by atoms with van der Waals surface area (Å²) in [6, 6.07) is 8.36. The molecule has 0 radical (unpaired) electrons. The number of amides is 1. The fourth-order valence-electron chi connectivity index (χ4n) is 2.45. The molecule has 6 heteroatoms. The number of ketones is 1. The van der Waals surface area contributed by atoms with Gasteiger partial charge in [-0.3, -0.25) is 9.59 Å². The molecule has 0 aliphatic rings. The number of phenols is 1. The molecule has 0 spiro atoms. The lowest BCUT2D eigenvalue weighted by Crippen LogP contribution is -2.40. The van der Waals surface area contributed by atoms with Crippen LogP contribution in [0.15, 0.2) is 36.4 Å². The van der Waals surface area contributed by atoms with E-state index in [0.29, 0.717) is 10.6 Å². The van der Waals surface area contributed by atoms with Crippen molar-refractivity contribution in [3.63, 3.8) is 0 Å². The van der Waals surface area contributed by atoms with Gasteiger partial charge in [0.1, 0.15) is 17.3 Å². The molecule has 0 unspecified atom stereocenters. The lowest BCUT2D eigenvalue weighted by Gasteiger charge is -2.20. The van der Waals surface area contributed by atoms with Crippen molar-refractivity contribution in [2.24, 2.45) is 0 Å². The number of aromatic hydroxyl groups is 1. The van der Waals surface area contributed by atoms with Crippen LogP contribution in [0.25, 0.3) is 0 Å². The second-order valence-electron chi connectivity index (χ2n) is 7.18. The maximum absolute atomic E-state index is 14.1. The van der Waals surface area contributed by atoms with Gasteiger partial charge < -0.3 is 10.4 Å². The second kappa shape index (κ2) is 7.87. The van der Waals surface area contributed by atoms with Gasteiger partial charge in [-0.15, -0.1) is 0 Å². The van der Waals surface area contributed by atoms with Crippen molar-refractivity contribution in [2.45, 2.75) is 39.2 Å². The SMILES string of the molecule is CC(C)(C)NC(=O)c1ccc(F)c(CC(=O)Cc2cc(Cl)ccc2O)c1. The summed E-state index contributed by atoms with van der Waals surface area (Å²) < 4.78 is 14.1. The van der Waals surface area contributed by atoms with Gasteiger partial charge in [0.05, 0.1) is 0 Å². The van der Waals surface area contributed by atoms with Crippen LogP contribution in [-0.4, -0.2) is 22.3 Å². The first kappa shape index (κ1) is 19.9. The van der Waals surface area contributed by atoms with E-state index in [1.807, 2.05) is 20.8 Å². The van der Waals surface area contributed by atoms with Crippen LogP contribution >= 0.6 is 11.6 Å². The van der Waals surface area contributed by atoms with Gasteiger partial charge in [-0.05, 0) is 62.7 Å². The van der Waals surface area contributed by atoms with Gasteiger partial charge in [0.15, 0.2) is 0 Å². The zero-order chi connectivity index (χ0) is 19.5. The van der Waals surface area contributed by atoms with Crippen molar-refractivity contribution in [3.05, 3.63) is 63.9 Å². The average molecular weight is 378 g/mol. The fourth-order valence-corrected chi connectivity index (χ4v) is 2.64. The second-order valence-corrected chi connectivity index (χ2v) is 7.61. The topological polar surface area (TPSA) is 66.4 Å². The lowest BCUT2D eigenvalue weighted by atomic mass is 9.99. The molecule has 2 aromatic carbocycles. The quantitative estimate of drug-likeness (QED) is 0.825. The first-order chi connectivity index (χ1) is 12.0. The Bertz CT molecular complexity index is 843. The summed E-state index contributed by atoms with van der Waals surface area (Å²) in [6.45, 7) is 5.53. The Hall–Kier alpha value is -2.40. The zero-order valence-electron chi connectivity index (χ0n) is 14.9. The highest BCUT2D eigenvalue weighted by atomic mass is 35.5. The molecule has 2 aromatic rings. The number of phenolic OH excluding ortho intramolecular Hbond substituents is 1. The van der Waals surface area contributed by atoms with Crippen LogP contribution < -0.4 is 5.32 Å². The van der Waals surface area contributed by atoms with Gasteiger partial charge in [0.2, 0.25) is 0 Å². The molecule has 138 valence electrons. The molecule has 2 rings (SSSR count). The average Bonchev–Trinajstić information content (AvgIpc) is 2.51. The van der Waals surface area contributed by atoms with Gasteiger partial charge in [-0.25, -0.2) is 4.39 Å². The Kier molecular flexibility index (Phi) is 6.03. The molecule has 0 saturated carbocycles. The number of rotatable bonds is 5. The number of halogens is 2. The molecule has 1 amide bonds. The summed E-state index contributed by atoms with van der Waals surface area (Å²) in [6.07, 6.45) is -0.265. The van der Waals surface area contributed by atoms with E-state index in [1.54, 1.807) is 0 Å². The van der Waals surface area contributed by atoms with Gasteiger partial charge in [0.25, 0.3) is 5.91 Å². The van der Waals surface area contributed by atoms with Crippen LogP contribution in [-0.2, 0) is 17.6 Å². The third kappa shape index (κ3) is 5.56. The number of nitrogens with one attached hydrogen (secondary N) is 1. The predicted octanol–water partition coefficient (Wildman–Crippen LogP) is 4.07. The maximum atomic E-state index is 14.1. The first-order valence-electron chi connectivity index (χ1n) is 8.15. The van der Waals surface area contributed by atoms with Crippen molar-refractivity contribution in [3.8, 4) is 5.75 Å². The molecule has 0 bridgehead atoms. The van der Waals surface area contributed by atoms with Crippen LogP contribution in [0.3, 0.4) is 0 Å². The smallest absolute Gasteiger partial charge is 0.251 e. The summed E-state index contributed by atoms with van der Waals surface area (Å²) in [4.78, 5) is 24.5. The first-order valence-corrected chi connectivity index (χ1v) is 8.53. The van der Waals surface area contributed by atoms with Crippen molar-refractivity contribution in [1.29, 1.82) is 0 Å². The molecule has 0 saturated heterocycles. The molecule has 0 heterocycles. The molecule has 2 N–H and O–H groups in total. The van der Waals surface area contributed by atoms with Crippen LogP contribution in [0.5, 0.6) is 5.75 Å². The van der Waals surface area contributed by atoms with Crippen molar-refractivity contribution in [2.75, 3.05) is 0 Å². The molecule has 26 heavy (non-hydrogen) atoms. The number of hydrogen-bond acceptors (Lipinski definition) is 3. The minimum Gasteiger partial charge on any atom is -0.508 e. The van der Waals surface area contributed by atoms with Gasteiger partial charge in [-0.1, -0.05) is 11.6 Å². The van der Waals surface area contributed by atoms with Crippen LogP contribution in [0, 0.1) is 5.82 Å². The van der Waals surface area contributed by atoms with E-state index < -0.39 is 11.4 Å². The van der Waals surface area contributed by atoms with E-state index >= 15 is 0 Å². The summed E-state index contributed by atoms with van der Waals surface area (Å²) in [5.74, 6) is -1.23. The highest BCUT2D eigenvalue weighted by Crippen LogP contribution is 2.23. The Morgan fingerprint density at radius 3 is 2.38 bits per heavy atom.